The Morgan fingerprint density at radius 2 is 2.07 bits per heavy atom. The van der Waals surface area contributed by atoms with Crippen LogP contribution >= 0.6 is 0 Å². The summed E-state index contributed by atoms with van der Waals surface area (Å²) < 4.78 is 36.3. The molecule has 0 spiro atoms. The van der Waals surface area contributed by atoms with E-state index in [1.54, 1.807) is 0 Å². The van der Waals surface area contributed by atoms with Gasteiger partial charge in [0.15, 0.2) is 0 Å². The van der Waals surface area contributed by atoms with Crippen molar-refractivity contribution in [3.8, 4) is 0 Å². The number of fused-ring (bicyclic) bond motifs is 1. The number of piperidine rings is 1. The molecule has 0 saturated carbocycles. The van der Waals surface area contributed by atoms with Crippen LogP contribution in [0.2, 0.25) is 0 Å². The summed E-state index contributed by atoms with van der Waals surface area (Å²) in [4.78, 5) is 2.02. The van der Waals surface area contributed by atoms with Crippen LogP contribution in [0.25, 0.3) is 0 Å². The van der Waals surface area contributed by atoms with Crippen molar-refractivity contribution < 1.29 is 13.2 Å². The van der Waals surface area contributed by atoms with E-state index in [9.17, 15) is 13.2 Å². The van der Waals surface area contributed by atoms with E-state index in [1.165, 1.54) is 6.42 Å². The quantitative estimate of drug-likeness (QED) is 0.763. The van der Waals surface area contributed by atoms with Crippen LogP contribution in [0.5, 0.6) is 0 Å². The van der Waals surface area contributed by atoms with Crippen molar-refractivity contribution in [2.45, 2.75) is 31.5 Å². The Bertz CT molecular complexity index is 217. The first-order valence-corrected chi connectivity index (χ1v) is 5.58. The molecule has 88 valence electrons. The topological polar surface area (TPSA) is 15.3 Å². The molecule has 2 nitrogen and oxygen atoms in total. The van der Waals surface area contributed by atoms with Gasteiger partial charge in [-0.25, -0.2) is 0 Å². The second-order valence-electron chi connectivity index (χ2n) is 4.53. The summed E-state index contributed by atoms with van der Waals surface area (Å²) in [5.41, 5.74) is 0. The predicted molar refractivity (Wildman–Crippen MR) is 51.6 cm³/mol. The Hall–Kier alpha value is -0.290. The van der Waals surface area contributed by atoms with Crippen LogP contribution in [0.15, 0.2) is 0 Å². The van der Waals surface area contributed by atoms with Crippen molar-refractivity contribution in [2.75, 3.05) is 26.2 Å². The van der Waals surface area contributed by atoms with E-state index in [0.717, 1.165) is 26.1 Å². The van der Waals surface area contributed by atoms with E-state index < -0.39 is 12.6 Å². The largest absolute Gasteiger partial charge is 0.390 e. The average Bonchev–Trinajstić information content (AvgIpc) is 2.61. The number of rotatable bonds is 2. The van der Waals surface area contributed by atoms with Crippen LogP contribution in [0.4, 0.5) is 13.2 Å². The summed E-state index contributed by atoms with van der Waals surface area (Å²) in [7, 11) is 0. The summed E-state index contributed by atoms with van der Waals surface area (Å²) in [6.45, 7) is 2.85. The number of hydrogen-bond acceptors (Lipinski definition) is 2. The molecule has 2 aliphatic heterocycles. The second-order valence-corrected chi connectivity index (χ2v) is 4.53. The summed E-state index contributed by atoms with van der Waals surface area (Å²) in [5.74, 6) is 0.576. The molecule has 2 aliphatic rings. The summed E-state index contributed by atoms with van der Waals surface area (Å²) >= 11 is 0. The molecule has 2 unspecified atom stereocenters. The molecule has 0 bridgehead atoms. The van der Waals surface area contributed by atoms with Gasteiger partial charge in [-0.3, -0.25) is 4.90 Å². The fraction of sp³-hybridized carbons (Fsp3) is 1.00. The van der Waals surface area contributed by atoms with Gasteiger partial charge >= 0.3 is 6.18 Å². The minimum atomic E-state index is -4.01. The molecule has 0 radical (unpaired) electrons. The van der Waals surface area contributed by atoms with Gasteiger partial charge in [0.05, 0.1) is 6.42 Å². The molecule has 0 aromatic rings. The molecule has 0 aliphatic carbocycles. The maximum Gasteiger partial charge on any atom is 0.390 e. The van der Waals surface area contributed by atoms with Gasteiger partial charge in [0, 0.05) is 19.1 Å². The van der Waals surface area contributed by atoms with Crippen LogP contribution in [-0.2, 0) is 0 Å². The van der Waals surface area contributed by atoms with Crippen molar-refractivity contribution in [3.05, 3.63) is 0 Å². The highest BCUT2D eigenvalue weighted by atomic mass is 19.4. The Morgan fingerprint density at radius 3 is 2.80 bits per heavy atom. The molecule has 2 atom stereocenters. The Labute approximate surface area is 87.8 Å². The van der Waals surface area contributed by atoms with E-state index in [-0.39, 0.29) is 6.54 Å². The molecule has 15 heavy (non-hydrogen) atoms. The van der Waals surface area contributed by atoms with E-state index in [1.807, 2.05) is 4.90 Å². The standard InChI is InChI=1S/C10H17F3N2/c11-10(12,13)3-5-15-4-1-2-8-6-14-7-9(8)15/h8-9,14H,1-7H2. The lowest BCUT2D eigenvalue weighted by atomic mass is 9.92. The first-order valence-electron chi connectivity index (χ1n) is 5.58. The lowest BCUT2D eigenvalue weighted by molar-refractivity contribution is -0.140. The molecule has 2 saturated heterocycles. The molecular weight excluding hydrogens is 205 g/mol. The van der Waals surface area contributed by atoms with Gasteiger partial charge in [0.2, 0.25) is 0 Å². The molecule has 0 aromatic heterocycles. The van der Waals surface area contributed by atoms with Gasteiger partial charge < -0.3 is 5.32 Å². The predicted octanol–water partition coefficient (Wildman–Crippen LogP) is 1.62. The van der Waals surface area contributed by atoms with Gasteiger partial charge in [0.25, 0.3) is 0 Å². The molecule has 2 fully saturated rings. The Morgan fingerprint density at radius 1 is 1.27 bits per heavy atom. The van der Waals surface area contributed by atoms with Gasteiger partial charge in [-0.1, -0.05) is 0 Å². The van der Waals surface area contributed by atoms with Crippen molar-refractivity contribution in [1.29, 1.82) is 0 Å². The minimum absolute atomic E-state index is 0.173. The van der Waals surface area contributed by atoms with E-state index >= 15 is 0 Å². The summed E-state index contributed by atoms with van der Waals surface area (Å²) in [6.07, 6.45) is -2.48. The van der Waals surface area contributed by atoms with Gasteiger partial charge in [-0.15, -0.1) is 0 Å². The Balaban J connectivity index is 1.85. The average molecular weight is 222 g/mol. The highest BCUT2D eigenvalue weighted by Crippen LogP contribution is 2.28. The molecule has 0 aromatic carbocycles. The van der Waals surface area contributed by atoms with Gasteiger partial charge in [-0.2, -0.15) is 13.2 Å². The molecule has 2 rings (SSSR count). The lowest BCUT2D eigenvalue weighted by Gasteiger charge is -2.37. The number of halogens is 3. The summed E-state index contributed by atoms with van der Waals surface area (Å²) in [5, 5.41) is 3.27. The number of nitrogens with one attached hydrogen (secondary N) is 1. The molecule has 1 N–H and O–H groups in total. The van der Waals surface area contributed by atoms with E-state index in [4.69, 9.17) is 0 Å². The van der Waals surface area contributed by atoms with Crippen molar-refractivity contribution in [3.63, 3.8) is 0 Å². The summed E-state index contributed by atoms with van der Waals surface area (Å²) in [6, 6.07) is 0.348. The number of nitrogens with zero attached hydrogens (tertiary/aromatic N) is 1. The van der Waals surface area contributed by atoms with E-state index in [0.29, 0.717) is 12.0 Å². The van der Waals surface area contributed by atoms with E-state index in [2.05, 4.69) is 5.32 Å². The van der Waals surface area contributed by atoms with Crippen LogP contribution in [0.1, 0.15) is 19.3 Å². The monoisotopic (exact) mass is 222 g/mol. The van der Waals surface area contributed by atoms with Gasteiger partial charge in [0.1, 0.15) is 0 Å². The first kappa shape index (κ1) is 11.2. The smallest absolute Gasteiger partial charge is 0.315 e. The lowest BCUT2D eigenvalue weighted by Crippen LogP contribution is -2.46. The van der Waals surface area contributed by atoms with Crippen LogP contribution in [0, 0.1) is 5.92 Å². The van der Waals surface area contributed by atoms with Crippen LogP contribution in [0.3, 0.4) is 0 Å². The highest BCUT2D eigenvalue weighted by molar-refractivity contribution is 4.91. The molecule has 2 heterocycles. The number of likely N-dealkylation sites (tertiary alicyclic amines) is 1. The van der Waals surface area contributed by atoms with Crippen molar-refractivity contribution in [1.82, 2.24) is 10.2 Å². The fourth-order valence-electron chi connectivity index (χ4n) is 2.71. The third-order valence-corrected chi connectivity index (χ3v) is 3.48. The maximum atomic E-state index is 12.1. The van der Waals surface area contributed by atoms with Crippen molar-refractivity contribution in [2.24, 2.45) is 5.92 Å². The zero-order chi connectivity index (χ0) is 10.9. The number of hydrogen-bond donors (Lipinski definition) is 1. The SMILES string of the molecule is FC(F)(F)CCN1CCCC2CNCC21. The second kappa shape index (κ2) is 4.29. The maximum absolute atomic E-state index is 12.1. The normalized spacial score (nSPS) is 33.0. The first-order chi connectivity index (χ1) is 7.06. The third kappa shape index (κ3) is 2.84. The zero-order valence-corrected chi connectivity index (χ0v) is 8.69. The number of alkyl halides is 3. The minimum Gasteiger partial charge on any atom is -0.315 e. The molecule has 5 heteroatoms. The Kier molecular flexibility index (Phi) is 3.21. The van der Waals surface area contributed by atoms with Gasteiger partial charge in [-0.05, 0) is 31.8 Å². The van der Waals surface area contributed by atoms with Crippen molar-refractivity contribution >= 4 is 0 Å². The fourth-order valence-corrected chi connectivity index (χ4v) is 2.71. The molecule has 0 amide bonds. The molecular formula is C10H17F3N2. The van der Waals surface area contributed by atoms with Crippen LogP contribution < -0.4 is 5.32 Å². The highest BCUT2D eigenvalue weighted by Gasteiger charge is 2.36. The third-order valence-electron chi connectivity index (χ3n) is 3.48. The van der Waals surface area contributed by atoms with Crippen LogP contribution in [-0.4, -0.2) is 43.3 Å². The zero-order valence-electron chi connectivity index (χ0n) is 8.69.